The summed E-state index contributed by atoms with van der Waals surface area (Å²) in [6, 6.07) is 1.20. The van der Waals surface area contributed by atoms with Crippen molar-refractivity contribution < 1.29 is 5.11 Å². The van der Waals surface area contributed by atoms with Crippen LogP contribution in [0.5, 0.6) is 0 Å². The molecule has 0 saturated carbocycles. The number of hydrogen-bond acceptors (Lipinski definition) is 3. The summed E-state index contributed by atoms with van der Waals surface area (Å²) in [7, 11) is 0. The summed E-state index contributed by atoms with van der Waals surface area (Å²) in [5.41, 5.74) is 6.08. The average Bonchev–Trinajstić information content (AvgIpc) is 2.08. The van der Waals surface area contributed by atoms with E-state index in [4.69, 9.17) is 28.9 Å². The van der Waals surface area contributed by atoms with Crippen LogP contribution in [0.3, 0.4) is 0 Å². The molecule has 5 heteroatoms. The molecule has 0 spiro atoms. The first kappa shape index (κ1) is 10.7. The van der Waals surface area contributed by atoms with E-state index in [0.29, 0.717) is 10.6 Å². The third-order valence-electron chi connectivity index (χ3n) is 1.66. The Morgan fingerprint density at radius 1 is 1.54 bits per heavy atom. The smallest absolute Gasteiger partial charge is 0.147 e. The molecule has 1 aromatic rings. The number of halogens is 2. The Morgan fingerprint density at radius 3 is 2.62 bits per heavy atom. The zero-order chi connectivity index (χ0) is 10.0. The number of rotatable bonds is 2. The molecule has 0 amide bonds. The second-order valence-electron chi connectivity index (χ2n) is 2.85. The maximum absolute atomic E-state index is 9.55. The van der Waals surface area contributed by atoms with Gasteiger partial charge in [-0.2, -0.15) is 0 Å². The Balaban J connectivity index is 2.97. The number of nitrogens with zero attached hydrogens (tertiary/aromatic N) is 1. The van der Waals surface area contributed by atoms with E-state index in [2.05, 4.69) is 4.98 Å². The lowest BCUT2D eigenvalue weighted by Gasteiger charge is -2.14. The summed E-state index contributed by atoms with van der Waals surface area (Å²) in [6.45, 7) is 1.70. The Morgan fingerprint density at radius 2 is 2.15 bits per heavy atom. The van der Waals surface area contributed by atoms with E-state index >= 15 is 0 Å². The van der Waals surface area contributed by atoms with Crippen molar-refractivity contribution in [2.24, 2.45) is 5.73 Å². The molecule has 0 aromatic carbocycles. The van der Waals surface area contributed by atoms with Gasteiger partial charge in [0.2, 0.25) is 0 Å². The number of hydrogen-bond donors (Lipinski definition) is 2. The van der Waals surface area contributed by atoms with Crippen LogP contribution >= 0.6 is 23.2 Å². The molecule has 0 aliphatic heterocycles. The van der Waals surface area contributed by atoms with Gasteiger partial charge in [-0.05, 0) is 13.0 Å². The van der Waals surface area contributed by atoms with Crippen LogP contribution in [0.25, 0.3) is 0 Å². The zero-order valence-corrected chi connectivity index (χ0v) is 8.55. The van der Waals surface area contributed by atoms with Crippen LogP contribution in [0, 0.1) is 0 Å². The molecule has 3 N–H and O–H groups in total. The van der Waals surface area contributed by atoms with Crippen LogP contribution in [0.15, 0.2) is 12.3 Å². The zero-order valence-electron chi connectivity index (χ0n) is 7.04. The van der Waals surface area contributed by atoms with Gasteiger partial charge in [-0.3, -0.25) is 0 Å². The number of aliphatic hydroxyl groups is 1. The van der Waals surface area contributed by atoms with E-state index in [0.717, 1.165) is 0 Å². The minimum Gasteiger partial charge on any atom is -0.387 e. The number of nitrogens with two attached hydrogens (primary N) is 1. The highest BCUT2D eigenvalue weighted by atomic mass is 35.5. The standard InChI is InChI=1S/C8H10Cl2N2O/c1-4(11)7(13)5-2-6(9)8(10)12-3-5/h2-4,7,13H,11H2,1H3/t4-,7-/m0/s1. The van der Waals surface area contributed by atoms with Crippen molar-refractivity contribution in [2.45, 2.75) is 19.1 Å². The van der Waals surface area contributed by atoms with Gasteiger partial charge in [0, 0.05) is 17.8 Å². The predicted molar refractivity (Wildman–Crippen MR) is 52.9 cm³/mol. The van der Waals surface area contributed by atoms with E-state index in [-0.39, 0.29) is 11.2 Å². The molecule has 1 heterocycles. The SMILES string of the molecule is C[C@H](N)[C@H](O)c1cnc(Cl)c(Cl)c1. The van der Waals surface area contributed by atoms with Crippen molar-refractivity contribution in [2.75, 3.05) is 0 Å². The average molecular weight is 221 g/mol. The first-order valence-electron chi connectivity index (χ1n) is 3.77. The number of pyridine rings is 1. The van der Waals surface area contributed by atoms with E-state index in [1.807, 2.05) is 0 Å². The Bertz CT molecular complexity index is 304. The summed E-state index contributed by atoms with van der Waals surface area (Å²) in [5, 5.41) is 10.1. The van der Waals surface area contributed by atoms with Crippen molar-refractivity contribution >= 4 is 23.2 Å². The molecule has 1 aromatic heterocycles. The summed E-state index contributed by atoms with van der Waals surface area (Å²) < 4.78 is 0. The van der Waals surface area contributed by atoms with Crippen LogP contribution in [-0.4, -0.2) is 16.1 Å². The Labute approximate surface area is 86.5 Å². The van der Waals surface area contributed by atoms with Gasteiger partial charge < -0.3 is 10.8 Å². The molecule has 1 rings (SSSR count). The highest BCUT2D eigenvalue weighted by Gasteiger charge is 2.13. The van der Waals surface area contributed by atoms with Gasteiger partial charge in [-0.15, -0.1) is 0 Å². The van der Waals surface area contributed by atoms with E-state index in [1.54, 1.807) is 13.0 Å². The molecule has 13 heavy (non-hydrogen) atoms. The Hall–Kier alpha value is -0.350. The van der Waals surface area contributed by atoms with E-state index in [9.17, 15) is 5.11 Å². The van der Waals surface area contributed by atoms with Crippen molar-refractivity contribution in [3.05, 3.63) is 28.0 Å². The first-order valence-corrected chi connectivity index (χ1v) is 4.52. The molecule has 3 nitrogen and oxygen atoms in total. The van der Waals surface area contributed by atoms with Crippen molar-refractivity contribution in [1.82, 2.24) is 4.98 Å². The fourth-order valence-corrected chi connectivity index (χ4v) is 1.18. The van der Waals surface area contributed by atoms with Gasteiger partial charge in [-0.1, -0.05) is 23.2 Å². The fraction of sp³-hybridized carbons (Fsp3) is 0.375. The molecule has 72 valence electrons. The second kappa shape index (κ2) is 4.24. The van der Waals surface area contributed by atoms with Gasteiger partial charge in [0.15, 0.2) is 0 Å². The lowest BCUT2D eigenvalue weighted by atomic mass is 10.1. The quantitative estimate of drug-likeness (QED) is 0.748. The molecule has 0 saturated heterocycles. The molecule has 0 aliphatic carbocycles. The molecular formula is C8H10Cl2N2O. The lowest BCUT2D eigenvalue weighted by molar-refractivity contribution is 0.153. The van der Waals surface area contributed by atoms with Crippen LogP contribution in [0.1, 0.15) is 18.6 Å². The minimum atomic E-state index is -0.762. The van der Waals surface area contributed by atoms with Gasteiger partial charge in [-0.25, -0.2) is 4.98 Å². The largest absolute Gasteiger partial charge is 0.387 e. The Kier molecular flexibility index (Phi) is 3.50. The summed E-state index contributed by atoms with van der Waals surface area (Å²) in [4.78, 5) is 3.80. The molecule has 0 fully saturated rings. The van der Waals surface area contributed by atoms with Gasteiger partial charge >= 0.3 is 0 Å². The van der Waals surface area contributed by atoms with Crippen molar-refractivity contribution in [1.29, 1.82) is 0 Å². The molecular weight excluding hydrogens is 211 g/mol. The highest BCUT2D eigenvalue weighted by molar-refractivity contribution is 6.41. The van der Waals surface area contributed by atoms with Crippen LogP contribution < -0.4 is 5.73 Å². The number of aliphatic hydroxyl groups excluding tert-OH is 1. The molecule has 0 bridgehead atoms. The predicted octanol–water partition coefficient (Wildman–Crippen LogP) is 1.77. The van der Waals surface area contributed by atoms with E-state index in [1.165, 1.54) is 6.20 Å². The molecule has 0 unspecified atom stereocenters. The first-order chi connectivity index (χ1) is 6.02. The maximum Gasteiger partial charge on any atom is 0.147 e. The van der Waals surface area contributed by atoms with Crippen LogP contribution in [0.4, 0.5) is 0 Å². The normalized spacial score (nSPS) is 15.5. The van der Waals surface area contributed by atoms with Gasteiger partial charge in [0.1, 0.15) is 5.15 Å². The third kappa shape index (κ3) is 2.54. The summed E-state index contributed by atoms with van der Waals surface area (Å²) in [5.74, 6) is 0. The van der Waals surface area contributed by atoms with Crippen LogP contribution in [-0.2, 0) is 0 Å². The van der Waals surface area contributed by atoms with Crippen molar-refractivity contribution in [3.8, 4) is 0 Å². The molecule has 0 radical (unpaired) electrons. The lowest BCUT2D eigenvalue weighted by Crippen LogP contribution is -2.24. The number of aromatic nitrogens is 1. The minimum absolute atomic E-state index is 0.224. The molecule has 0 aliphatic rings. The summed E-state index contributed by atoms with van der Waals surface area (Å²) >= 11 is 11.3. The second-order valence-corrected chi connectivity index (χ2v) is 3.61. The monoisotopic (exact) mass is 220 g/mol. The fourth-order valence-electron chi connectivity index (χ4n) is 0.901. The van der Waals surface area contributed by atoms with Gasteiger partial charge in [0.25, 0.3) is 0 Å². The molecule has 2 atom stereocenters. The third-order valence-corrected chi connectivity index (χ3v) is 2.34. The topological polar surface area (TPSA) is 59.1 Å². The summed E-state index contributed by atoms with van der Waals surface area (Å²) in [6.07, 6.45) is 0.699. The van der Waals surface area contributed by atoms with Crippen LogP contribution in [0.2, 0.25) is 10.2 Å². The highest BCUT2D eigenvalue weighted by Crippen LogP contribution is 2.23. The van der Waals surface area contributed by atoms with E-state index < -0.39 is 6.10 Å². The van der Waals surface area contributed by atoms with Gasteiger partial charge in [0.05, 0.1) is 11.1 Å². The van der Waals surface area contributed by atoms with Crippen molar-refractivity contribution in [3.63, 3.8) is 0 Å². The maximum atomic E-state index is 9.55.